The fourth-order valence-corrected chi connectivity index (χ4v) is 0. The summed E-state index contributed by atoms with van der Waals surface area (Å²) in [5.74, 6) is 0. The monoisotopic (exact) mass is 65.0 g/mol. The van der Waals surface area contributed by atoms with Crippen molar-refractivity contribution >= 4 is 10.2 Å². The van der Waals surface area contributed by atoms with Crippen LogP contribution in [0.2, 0.25) is 0 Å². The van der Waals surface area contributed by atoms with Crippen molar-refractivity contribution in [3.05, 3.63) is 0 Å². The van der Waals surface area contributed by atoms with E-state index in [4.69, 9.17) is 5.11 Å². The normalized spacial score (nSPS) is 4.50. The Labute approximate surface area is 41.0 Å². The second-order valence-corrected chi connectivity index (χ2v) is 0.433. The Morgan fingerprint density at radius 2 is 1.75 bits per heavy atom. The Morgan fingerprint density at radius 1 is 1.75 bits per heavy atom. The van der Waals surface area contributed by atoms with E-state index in [-0.39, 0.29) is 25.1 Å². The van der Waals surface area contributed by atoms with Gasteiger partial charge in [0.05, 0.1) is 0 Å². The van der Waals surface area contributed by atoms with Crippen LogP contribution in [0.4, 0.5) is 0 Å². The number of hydrogen-bond acceptors (Lipinski definition) is 1. The van der Waals surface area contributed by atoms with E-state index in [9.17, 15) is 0 Å². The summed E-state index contributed by atoms with van der Waals surface area (Å²) in [4.78, 5) is 0. The maximum Gasteiger partial charge on any atom is 1.00 e. The summed E-state index contributed by atoms with van der Waals surface area (Å²) in [6.07, 6.45) is -0.194. The molecule has 0 spiro atoms. The van der Waals surface area contributed by atoms with Crippen LogP contribution in [-0.4, -0.2) is 16.5 Å². The van der Waals surface area contributed by atoms with Gasteiger partial charge in [-0.1, -0.05) is 0 Å². The molecule has 0 saturated heterocycles. The molecule has 0 rings (SSSR count). The van der Waals surface area contributed by atoms with Crippen molar-refractivity contribution in [1.82, 2.24) is 0 Å². The van der Waals surface area contributed by atoms with Crippen molar-refractivity contribution in [2.45, 2.75) is 0 Å². The van der Waals surface area contributed by atoms with Crippen molar-refractivity contribution in [2.24, 2.45) is 0 Å². The first kappa shape index (κ1) is 8.84. The SMILES string of the molecule is [Li+].[O-]C[Si]. The van der Waals surface area contributed by atoms with Crippen molar-refractivity contribution in [3.63, 3.8) is 0 Å². The van der Waals surface area contributed by atoms with E-state index in [0.717, 1.165) is 0 Å². The summed E-state index contributed by atoms with van der Waals surface area (Å²) in [6.45, 7) is 0. The summed E-state index contributed by atoms with van der Waals surface area (Å²) < 4.78 is 0. The van der Waals surface area contributed by atoms with E-state index >= 15 is 0 Å². The standard InChI is InChI=1S/CH2OSi.Li/c2-1-3;/h1H2;/q-1;+1. The maximum absolute atomic E-state index is 8.84. The molecule has 1 nitrogen and oxygen atoms in total. The van der Waals surface area contributed by atoms with Gasteiger partial charge < -0.3 is 5.11 Å². The van der Waals surface area contributed by atoms with Crippen LogP contribution in [0.15, 0.2) is 0 Å². The molecule has 0 aliphatic carbocycles. The minimum absolute atomic E-state index is 0. The summed E-state index contributed by atoms with van der Waals surface area (Å²) in [6, 6.07) is 0. The zero-order valence-corrected chi connectivity index (χ0v) is 3.62. The van der Waals surface area contributed by atoms with Gasteiger partial charge in [0, 0.05) is 10.2 Å². The fraction of sp³-hybridized carbons (Fsp3) is 1.00. The van der Waals surface area contributed by atoms with Crippen molar-refractivity contribution in [1.29, 1.82) is 0 Å². The Balaban J connectivity index is 0. The largest absolute Gasteiger partial charge is 1.00 e. The molecule has 17 valence electrons. The molecule has 0 aromatic rings. The van der Waals surface area contributed by atoms with E-state index in [2.05, 4.69) is 10.2 Å². The van der Waals surface area contributed by atoms with Crippen LogP contribution in [0.25, 0.3) is 0 Å². The molecule has 0 bridgehead atoms. The van der Waals surface area contributed by atoms with Gasteiger partial charge in [-0.15, -0.1) is 0 Å². The molecule has 0 unspecified atom stereocenters. The Hall–Kier alpha value is 0.774. The molecule has 4 heavy (non-hydrogen) atoms. The van der Waals surface area contributed by atoms with E-state index in [1.165, 1.54) is 0 Å². The third kappa shape index (κ3) is 14.6. The van der Waals surface area contributed by atoms with Crippen LogP contribution in [-0.2, 0) is 0 Å². The third-order valence-corrected chi connectivity index (χ3v) is 0. The summed E-state index contributed by atoms with van der Waals surface area (Å²) in [5, 5.41) is 8.84. The molecule has 0 heterocycles. The van der Waals surface area contributed by atoms with E-state index in [0.29, 0.717) is 0 Å². The average Bonchev–Trinajstić information content (AvgIpc) is 0.918. The zero-order chi connectivity index (χ0) is 2.71. The molecule has 0 atom stereocenters. The van der Waals surface area contributed by atoms with E-state index in [1.807, 2.05) is 0 Å². The first-order chi connectivity index (χ1) is 1.41. The average molecular weight is 65.1 g/mol. The Bertz CT molecular complexity index is 8.00. The predicted molar refractivity (Wildman–Crippen MR) is 10.6 cm³/mol. The molecule has 3 radical (unpaired) electrons. The maximum atomic E-state index is 8.84. The Kier molecular flexibility index (Phi) is 20.4. The molecular weight excluding hydrogens is 63.0 g/mol. The molecule has 0 N–H and O–H groups in total. The minimum Gasteiger partial charge on any atom is -0.857 e. The third-order valence-electron chi connectivity index (χ3n) is 0. The second kappa shape index (κ2) is 9.23. The molecule has 3 heteroatoms. The van der Waals surface area contributed by atoms with Gasteiger partial charge in [0.2, 0.25) is 0 Å². The van der Waals surface area contributed by atoms with E-state index < -0.39 is 0 Å². The van der Waals surface area contributed by atoms with Gasteiger partial charge >= 0.3 is 18.9 Å². The molecule has 0 aliphatic rings. The van der Waals surface area contributed by atoms with E-state index in [1.54, 1.807) is 0 Å². The topological polar surface area (TPSA) is 23.1 Å². The summed E-state index contributed by atoms with van der Waals surface area (Å²) in [7, 11) is 2.63. The second-order valence-electron chi connectivity index (χ2n) is 0.144. The van der Waals surface area contributed by atoms with Crippen molar-refractivity contribution in [3.8, 4) is 0 Å². The van der Waals surface area contributed by atoms with Gasteiger partial charge in [-0.2, -0.15) is 6.23 Å². The molecule has 0 amide bonds. The summed E-state index contributed by atoms with van der Waals surface area (Å²) >= 11 is 0. The fourth-order valence-electron chi connectivity index (χ4n) is 0. The van der Waals surface area contributed by atoms with Crippen molar-refractivity contribution < 1.29 is 24.0 Å². The minimum atomic E-state index is -0.194. The molecule has 0 aromatic carbocycles. The van der Waals surface area contributed by atoms with Crippen LogP contribution in [0.3, 0.4) is 0 Å². The van der Waals surface area contributed by atoms with Gasteiger partial charge in [-0.25, -0.2) is 0 Å². The zero-order valence-electron chi connectivity index (χ0n) is 2.62. The quantitative estimate of drug-likeness (QED) is 0.261. The molecule has 0 aromatic heterocycles. The van der Waals surface area contributed by atoms with Crippen molar-refractivity contribution in [2.75, 3.05) is 6.23 Å². The smallest absolute Gasteiger partial charge is 0.857 e. The molecule has 0 fully saturated rings. The molecular formula is CH2LiOSi. The van der Waals surface area contributed by atoms with Gasteiger partial charge in [-0.3, -0.25) is 0 Å². The van der Waals surface area contributed by atoms with Crippen LogP contribution in [0, 0.1) is 0 Å². The van der Waals surface area contributed by atoms with Gasteiger partial charge in [0.1, 0.15) is 0 Å². The van der Waals surface area contributed by atoms with Crippen LogP contribution < -0.4 is 24.0 Å². The van der Waals surface area contributed by atoms with Crippen LogP contribution in [0.5, 0.6) is 0 Å². The molecule has 0 aliphatic heterocycles. The van der Waals surface area contributed by atoms with Gasteiger partial charge in [0.15, 0.2) is 0 Å². The number of hydrogen-bond donors (Lipinski definition) is 0. The van der Waals surface area contributed by atoms with Crippen LogP contribution in [0.1, 0.15) is 0 Å². The first-order valence-electron chi connectivity index (χ1n) is 0.642. The predicted octanol–water partition coefficient (Wildman–Crippen LogP) is -4.52. The van der Waals surface area contributed by atoms with Gasteiger partial charge in [0.25, 0.3) is 0 Å². The number of rotatable bonds is 0. The Morgan fingerprint density at radius 3 is 1.75 bits per heavy atom. The van der Waals surface area contributed by atoms with Crippen LogP contribution >= 0.6 is 0 Å². The summed E-state index contributed by atoms with van der Waals surface area (Å²) in [5.41, 5.74) is 0. The first-order valence-corrected chi connectivity index (χ1v) is 1.35. The van der Waals surface area contributed by atoms with Gasteiger partial charge in [-0.05, 0) is 0 Å². The molecule has 0 saturated carbocycles.